The zero-order valence-corrected chi connectivity index (χ0v) is 13.1. The van der Waals surface area contributed by atoms with E-state index < -0.39 is 0 Å². The summed E-state index contributed by atoms with van der Waals surface area (Å²) in [5.41, 5.74) is 1.43. The van der Waals surface area contributed by atoms with Gasteiger partial charge in [-0.2, -0.15) is 0 Å². The molecule has 3 nitrogen and oxygen atoms in total. The maximum Gasteiger partial charge on any atom is 0.257 e. The van der Waals surface area contributed by atoms with Crippen LogP contribution in [0.15, 0.2) is 34.1 Å². The molecule has 1 aliphatic heterocycles. The lowest BCUT2D eigenvalue weighted by Gasteiger charge is -2.34. The van der Waals surface area contributed by atoms with Gasteiger partial charge in [0, 0.05) is 16.9 Å². The van der Waals surface area contributed by atoms with Gasteiger partial charge in [-0.25, -0.2) is 0 Å². The molecule has 98 valence electrons. The van der Waals surface area contributed by atoms with Gasteiger partial charge in [0.2, 0.25) is 0 Å². The summed E-state index contributed by atoms with van der Waals surface area (Å²) in [6.07, 6.45) is -0.158. The van der Waals surface area contributed by atoms with Crippen molar-refractivity contribution in [2.75, 3.05) is 12.4 Å². The number of nitrogens with one attached hydrogen (secondary N) is 1. The van der Waals surface area contributed by atoms with Crippen molar-refractivity contribution in [1.29, 1.82) is 0 Å². The van der Waals surface area contributed by atoms with E-state index in [1.54, 1.807) is 41.5 Å². The molecule has 1 aliphatic rings. The first-order valence-electron chi connectivity index (χ1n) is 5.65. The van der Waals surface area contributed by atoms with Crippen LogP contribution in [-0.2, 0) is 0 Å². The van der Waals surface area contributed by atoms with Crippen molar-refractivity contribution in [3.8, 4) is 0 Å². The van der Waals surface area contributed by atoms with Gasteiger partial charge in [0.15, 0.2) is 0 Å². The Morgan fingerprint density at radius 2 is 2.16 bits per heavy atom. The predicted molar refractivity (Wildman–Crippen MR) is 81.9 cm³/mol. The zero-order valence-electron chi connectivity index (χ0n) is 9.98. The smallest absolute Gasteiger partial charge is 0.257 e. The lowest BCUT2D eigenvalue weighted by Crippen LogP contribution is -2.39. The largest absolute Gasteiger partial charge is 0.360 e. The third-order valence-corrected chi connectivity index (χ3v) is 4.99. The van der Waals surface area contributed by atoms with Crippen LogP contribution in [0.1, 0.15) is 21.4 Å². The van der Waals surface area contributed by atoms with Crippen molar-refractivity contribution < 1.29 is 4.79 Å². The molecule has 0 saturated heterocycles. The Balaban J connectivity index is 2.04. The first kappa shape index (κ1) is 13.0. The highest BCUT2D eigenvalue weighted by molar-refractivity contribution is 9.11. The normalized spacial score (nSPS) is 18.2. The highest BCUT2D eigenvalue weighted by Gasteiger charge is 2.31. The zero-order chi connectivity index (χ0) is 13.6. The van der Waals surface area contributed by atoms with E-state index in [-0.39, 0.29) is 12.1 Å². The summed E-state index contributed by atoms with van der Waals surface area (Å²) < 4.78 is 1.04. The molecule has 0 radical (unpaired) electrons. The van der Waals surface area contributed by atoms with Gasteiger partial charge in [-0.05, 0) is 46.3 Å². The van der Waals surface area contributed by atoms with Crippen LogP contribution < -0.4 is 5.32 Å². The minimum absolute atomic E-state index is 0.0000564. The molecule has 2 aromatic rings. The molecule has 1 N–H and O–H groups in total. The molecule has 2 heterocycles. The molecule has 1 atom stereocenters. The molecule has 0 saturated carbocycles. The summed E-state index contributed by atoms with van der Waals surface area (Å²) in [4.78, 5) is 15.1. The molecule has 19 heavy (non-hydrogen) atoms. The second-order valence-electron chi connectivity index (χ2n) is 4.29. The van der Waals surface area contributed by atoms with Gasteiger partial charge in [-0.3, -0.25) is 4.79 Å². The number of hydrogen-bond donors (Lipinski definition) is 1. The average molecular weight is 358 g/mol. The Morgan fingerprint density at radius 3 is 2.84 bits per heavy atom. The number of benzene rings is 1. The second-order valence-corrected chi connectivity index (χ2v) is 7.23. The number of carbonyl (C=O) groups excluding carboxylic acids is 1. The number of hydrogen-bond acceptors (Lipinski definition) is 3. The highest BCUT2D eigenvalue weighted by Crippen LogP contribution is 2.37. The van der Waals surface area contributed by atoms with Crippen LogP contribution in [0, 0.1) is 0 Å². The quantitative estimate of drug-likeness (QED) is 0.822. The maximum atomic E-state index is 12.4. The lowest BCUT2D eigenvalue weighted by molar-refractivity contribution is 0.0738. The molecule has 0 fully saturated rings. The van der Waals surface area contributed by atoms with E-state index in [1.165, 1.54) is 0 Å². The van der Waals surface area contributed by atoms with Crippen LogP contribution in [0.5, 0.6) is 0 Å². The second kappa shape index (κ2) is 4.81. The monoisotopic (exact) mass is 356 g/mol. The van der Waals surface area contributed by atoms with E-state index in [0.29, 0.717) is 10.6 Å². The molecule has 0 bridgehead atoms. The van der Waals surface area contributed by atoms with E-state index >= 15 is 0 Å². The molecular formula is C13H10BrClN2OS. The van der Waals surface area contributed by atoms with E-state index in [9.17, 15) is 4.79 Å². The summed E-state index contributed by atoms with van der Waals surface area (Å²) in [6.45, 7) is 0. The summed E-state index contributed by atoms with van der Waals surface area (Å²) >= 11 is 11.0. The third kappa shape index (κ3) is 2.26. The Hall–Kier alpha value is -1.04. The molecule has 3 rings (SSSR count). The lowest BCUT2D eigenvalue weighted by atomic mass is 10.1. The van der Waals surface area contributed by atoms with Gasteiger partial charge in [-0.1, -0.05) is 11.6 Å². The molecule has 6 heteroatoms. The van der Waals surface area contributed by atoms with Crippen LogP contribution in [0.4, 0.5) is 5.69 Å². The molecule has 1 aromatic heterocycles. The van der Waals surface area contributed by atoms with Crippen molar-refractivity contribution in [2.45, 2.75) is 6.17 Å². The average Bonchev–Trinajstić information content (AvgIpc) is 2.80. The Labute approximate surface area is 128 Å². The van der Waals surface area contributed by atoms with Crippen LogP contribution in [0.2, 0.25) is 5.02 Å². The first-order chi connectivity index (χ1) is 9.06. The molecule has 1 unspecified atom stereocenters. The number of rotatable bonds is 1. The fourth-order valence-electron chi connectivity index (χ4n) is 2.11. The molecular weight excluding hydrogens is 348 g/mol. The Bertz CT molecular complexity index is 658. The Kier molecular flexibility index (Phi) is 3.28. The fourth-order valence-corrected chi connectivity index (χ4v) is 3.80. The van der Waals surface area contributed by atoms with E-state index in [1.807, 2.05) is 12.1 Å². The topological polar surface area (TPSA) is 32.3 Å². The number of amides is 1. The summed E-state index contributed by atoms with van der Waals surface area (Å²) in [5, 5.41) is 3.98. The van der Waals surface area contributed by atoms with Crippen LogP contribution in [0.3, 0.4) is 0 Å². The molecule has 1 amide bonds. The molecule has 0 aliphatic carbocycles. The highest BCUT2D eigenvalue weighted by atomic mass is 79.9. The van der Waals surface area contributed by atoms with Gasteiger partial charge in [0.05, 0.1) is 15.0 Å². The summed E-state index contributed by atoms with van der Waals surface area (Å²) in [6, 6.07) is 9.26. The maximum absolute atomic E-state index is 12.4. The number of fused-ring (bicyclic) bond motifs is 1. The number of halogens is 2. The van der Waals surface area contributed by atoms with Crippen molar-refractivity contribution in [3.63, 3.8) is 0 Å². The SMILES string of the molecule is CN1C(=O)c2ccc(Cl)cc2NC1c1ccc(Br)s1. The van der Waals surface area contributed by atoms with Crippen molar-refractivity contribution >= 4 is 50.5 Å². The predicted octanol–water partition coefficient (Wildman–Crippen LogP) is 4.36. The fraction of sp³-hybridized carbons (Fsp3) is 0.154. The van der Waals surface area contributed by atoms with Gasteiger partial charge in [-0.15, -0.1) is 11.3 Å². The van der Waals surface area contributed by atoms with Gasteiger partial charge in [0.1, 0.15) is 6.17 Å². The van der Waals surface area contributed by atoms with E-state index in [0.717, 1.165) is 14.4 Å². The number of thiophene rings is 1. The van der Waals surface area contributed by atoms with Crippen LogP contribution in [-0.4, -0.2) is 17.9 Å². The Morgan fingerprint density at radius 1 is 1.37 bits per heavy atom. The number of nitrogens with zero attached hydrogens (tertiary/aromatic N) is 1. The minimum atomic E-state index is -0.158. The van der Waals surface area contributed by atoms with Crippen molar-refractivity contribution in [2.24, 2.45) is 0 Å². The molecule has 1 aromatic carbocycles. The third-order valence-electron chi connectivity index (χ3n) is 3.08. The first-order valence-corrected chi connectivity index (χ1v) is 7.63. The number of carbonyl (C=O) groups is 1. The molecule has 0 spiro atoms. The van der Waals surface area contributed by atoms with Gasteiger partial charge < -0.3 is 10.2 Å². The van der Waals surface area contributed by atoms with Gasteiger partial charge >= 0.3 is 0 Å². The van der Waals surface area contributed by atoms with Crippen molar-refractivity contribution in [3.05, 3.63) is 49.6 Å². The van der Waals surface area contributed by atoms with Crippen LogP contribution in [0.25, 0.3) is 0 Å². The summed E-state index contributed by atoms with van der Waals surface area (Å²) in [5.74, 6) is -0.0000564. The van der Waals surface area contributed by atoms with Crippen molar-refractivity contribution in [1.82, 2.24) is 4.90 Å². The van der Waals surface area contributed by atoms with E-state index in [4.69, 9.17) is 11.6 Å². The standard InChI is InChI=1S/C13H10BrClN2OS/c1-17-12(10-4-5-11(14)19-10)16-9-6-7(15)2-3-8(9)13(17)18/h2-6,12,16H,1H3. The van der Waals surface area contributed by atoms with Crippen LogP contribution >= 0.6 is 38.9 Å². The summed E-state index contributed by atoms with van der Waals surface area (Å²) in [7, 11) is 1.80. The minimum Gasteiger partial charge on any atom is -0.360 e. The van der Waals surface area contributed by atoms with Gasteiger partial charge in [0.25, 0.3) is 5.91 Å². The van der Waals surface area contributed by atoms with E-state index in [2.05, 4.69) is 21.2 Å². The number of anilines is 1.